The third-order valence-corrected chi connectivity index (χ3v) is 2.72. The molecule has 0 heterocycles. The van der Waals surface area contributed by atoms with Gasteiger partial charge in [0.25, 0.3) is 0 Å². The molecule has 88 valence electrons. The molecule has 1 aromatic rings. The Hall–Kier alpha value is -1.39. The van der Waals surface area contributed by atoms with Crippen molar-refractivity contribution in [2.45, 2.75) is 25.5 Å². The molecule has 16 heavy (non-hydrogen) atoms. The zero-order valence-electron chi connectivity index (χ0n) is 9.73. The lowest BCUT2D eigenvalue weighted by Crippen LogP contribution is -2.23. The smallest absolute Gasteiger partial charge is 0.325 e. The number of carbonyl (C=O) groups is 1. The molecule has 0 bridgehead atoms. The van der Waals surface area contributed by atoms with Crippen LogP contribution in [0, 0.1) is 0 Å². The summed E-state index contributed by atoms with van der Waals surface area (Å²) in [6.45, 7) is 3.83. The van der Waals surface area contributed by atoms with E-state index in [1.165, 1.54) is 0 Å². The number of nitrogens with two attached hydrogens (primary N) is 1. The lowest BCUT2D eigenvalue weighted by molar-refractivity contribution is -0.138. The van der Waals surface area contributed by atoms with Crippen LogP contribution >= 0.6 is 0 Å². The van der Waals surface area contributed by atoms with Gasteiger partial charge < -0.3 is 15.6 Å². The molecule has 0 aliphatic carbocycles. The minimum Gasteiger partial charge on any atom is -0.480 e. The predicted octanol–water partition coefficient (Wildman–Crippen LogP) is 1.65. The summed E-state index contributed by atoms with van der Waals surface area (Å²) < 4.78 is 5.33. The molecule has 1 aromatic carbocycles. The van der Waals surface area contributed by atoms with Crippen LogP contribution in [0.1, 0.15) is 31.0 Å². The first-order valence-electron chi connectivity index (χ1n) is 5.02. The average Bonchev–Trinajstić information content (AvgIpc) is 2.28. The maximum absolute atomic E-state index is 10.8. The molecule has 4 nitrogen and oxygen atoms in total. The highest BCUT2D eigenvalue weighted by molar-refractivity contribution is 5.75. The molecular formula is C12H17NO3. The normalized spacial score (nSPS) is 13.5. The van der Waals surface area contributed by atoms with Crippen molar-refractivity contribution in [3.63, 3.8) is 0 Å². The number of carboxylic acids is 1. The van der Waals surface area contributed by atoms with E-state index < -0.39 is 17.6 Å². The first kappa shape index (κ1) is 12.7. The van der Waals surface area contributed by atoms with Crippen molar-refractivity contribution in [2.24, 2.45) is 5.73 Å². The van der Waals surface area contributed by atoms with Crippen LogP contribution in [0.15, 0.2) is 24.3 Å². The minimum atomic E-state index is -1.03. The van der Waals surface area contributed by atoms with E-state index in [9.17, 15) is 4.79 Å². The summed E-state index contributed by atoms with van der Waals surface area (Å²) in [5, 5.41) is 8.83. The van der Waals surface area contributed by atoms with Gasteiger partial charge in [-0.15, -0.1) is 0 Å². The van der Waals surface area contributed by atoms with Crippen molar-refractivity contribution in [1.29, 1.82) is 0 Å². The quantitative estimate of drug-likeness (QED) is 0.814. The molecular weight excluding hydrogens is 206 g/mol. The van der Waals surface area contributed by atoms with Crippen LogP contribution < -0.4 is 5.73 Å². The van der Waals surface area contributed by atoms with Gasteiger partial charge in [-0.2, -0.15) is 0 Å². The Bertz CT molecular complexity index is 388. The highest BCUT2D eigenvalue weighted by Gasteiger charge is 2.21. The fourth-order valence-corrected chi connectivity index (χ4v) is 1.37. The van der Waals surface area contributed by atoms with Crippen molar-refractivity contribution in [2.75, 3.05) is 7.11 Å². The maximum Gasteiger partial charge on any atom is 0.325 e. The van der Waals surface area contributed by atoms with Gasteiger partial charge >= 0.3 is 5.97 Å². The molecule has 1 atom stereocenters. The van der Waals surface area contributed by atoms with E-state index in [4.69, 9.17) is 15.6 Å². The van der Waals surface area contributed by atoms with E-state index in [1.807, 2.05) is 19.9 Å². The van der Waals surface area contributed by atoms with Crippen LogP contribution in [0.25, 0.3) is 0 Å². The molecule has 0 saturated carbocycles. The third-order valence-electron chi connectivity index (χ3n) is 2.72. The summed E-state index contributed by atoms with van der Waals surface area (Å²) in [6, 6.07) is 6.15. The van der Waals surface area contributed by atoms with Crippen molar-refractivity contribution in [3.8, 4) is 0 Å². The van der Waals surface area contributed by atoms with Crippen LogP contribution in [0.5, 0.6) is 0 Å². The summed E-state index contributed by atoms with van der Waals surface area (Å²) in [7, 11) is 1.61. The number of hydrogen-bond acceptors (Lipinski definition) is 3. The molecule has 0 spiro atoms. The summed E-state index contributed by atoms with van der Waals surface area (Å²) in [5.41, 5.74) is 6.59. The fourth-order valence-electron chi connectivity index (χ4n) is 1.37. The number of hydrogen-bond donors (Lipinski definition) is 2. The first-order valence-corrected chi connectivity index (χ1v) is 5.02. The van der Waals surface area contributed by atoms with Crippen LogP contribution in [0.2, 0.25) is 0 Å². The van der Waals surface area contributed by atoms with Crippen molar-refractivity contribution < 1.29 is 14.6 Å². The number of benzene rings is 1. The number of aliphatic carboxylic acids is 1. The molecule has 0 aliphatic heterocycles. The Morgan fingerprint density at radius 1 is 1.50 bits per heavy atom. The highest BCUT2D eigenvalue weighted by Crippen LogP contribution is 2.25. The van der Waals surface area contributed by atoms with E-state index in [0.29, 0.717) is 5.56 Å². The van der Waals surface area contributed by atoms with Crippen LogP contribution in [-0.4, -0.2) is 18.2 Å². The zero-order valence-corrected chi connectivity index (χ0v) is 9.73. The van der Waals surface area contributed by atoms with E-state index in [0.717, 1.165) is 5.56 Å². The molecule has 0 amide bonds. The van der Waals surface area contributed by atoms with E-state index >= 15 is 0 Å². The van der Waals surface area contributed by atoms with E-state index in [-0.39, 0.29) is 0 Å². The largest absolute Gasteiger partial charge is 0.480 e. The van der Waals surface area contributed by atoms with Crippen LogP contribution in [-0.2, 0) is 15.1 Å². The second-order valence-electron chi connectivity index (χ2n) is 4.16. The fraction of sp³-hybridized carbons (Fsp3) is 0.417. The Morgan fingerprint density at radius 3 is 2.62 bits per heavy atom. The van der Waals surface area contributed by atoms with Gasteiger partial charge in [0.05, 0.1) is 5.60 Å². The molecule has 0 saturated heterocycles. The van der Waals surface area contributed by atoms with Crippen molar-refractivity contribution >= 4 is 5.97 Å². The lowest BCUT2D eigenvalue weighted by Gasteiger charge is -2.24. The monoisotopic (exact) mass is 223 g/mol. The molecule has 1 rings (SSSR count). The minimum absolute atomic E-state index is 0.450. The van der Waals surface area contributed by atoms with Gasteiger partial charge in [0.15, 0.2) is 0 Å². The molecule has 1 unspecified atom stereocenters. The van der Waals surface area contributed by atoms with Crippen molar-refractivity contribution in [1.82, 2.24) is 0 Å². The molecule has 0 radical (unpaired) electrons. The number of ether oxygens (including phenoxy) is 1. The standard InChI is InChI=1S/C12H17NO3/c1-12(2,16-3)9-6-4-5-8(7-9)10(13)11(14)15/h4-7,10H,13H2,1-3H3,(H,14,15). The van der Waals surface area contributed by atoms with E-state index in [1.54, 1.807) is 25.3 Å². The SMILES string of the molecule is COC(C)(C)c1cccc(C(N)C(=O)O)c1. The molecule has 0 fully saturated rings. The maximum atomic E-state index is 10.8. The van der Waals surface area contributed by atoms with Gasteiger partial charge in [-0.05, 0) is 25.0 Å². The highest BCUT2D eigenvalue weighted by atomic mass is 16.5. The summed E-state index contributed by atoms with van der Waals surface area (Å²) in [6.07, 6.45) is 0. The molecule has 0 aliphatic rings. The van der Waals surface area contributed by atoms with Gasteiger partial charge in [0.1, 0.15) is 6.04 Å². The zero-order chi connectivity index (χ0) is 12.3. The van der Waals surface area contributed by atoms with Crippen molar-refractivity contribution in [3.05, 3.63) is 35.4 Å². The van der Waals surface area contributed by atoms with Crippen LogP contribution in [0.3, 0.4) is 0 Å². The van der Waals surface area contributed by atoms with Gasteiger partial charge in [0, 0.05) is 7.11 Å². The Morgan fingerprint density at radius 2 is 2.12 bits per heavy atom. The molecule has 4 heteroatoms. The Labute approximate surface area is 95.0 Å². The van der Waals surface area contributed by atoms with Gasteiger partial charge in [0.2, 0.25) is 0 Å². The number of carboxylic acid groups (broad SMARTS) is 1. The molecule has 3 N–H and O–H groups in total. The summed E-state index contributed by atoms with van der Waals surface area (Å²) in [4.78, 5) is 10.8. The number of rotatable bonds is 4. The Kier molecular flexibility index (Phi) is 3.67. The Balaban J connectivity index is 3.09. The molecule has 0 aromatic heterocycles. The summed E-state index contributed by atoms with van der Waals surface area (Å²) >= 11 is 0. The van der Waals surface area contributed by atoms with Gasteiger partial charge in [-0.25, -0.2) is 0 Å². The van der Waals surface area contributed by atoms with Crippen LogP contribution in [0.4, 0.5) is 0 Å². The van der Waals surface area contributed by atoms with Gasteiger partial charge in [-0.1, -0.05) is 24.3 Å². The second-order valence-corrected chi connectivity index (χ2v) is 4.16. The van der Waals surface area contributed by atoms with Gasteiger partial charge in [-0.3, -0.25) is 4.79 Å². The van der Waals surface area contributed by atoms with E-state index in [2.05, 4.69) is 0 Å². The third kappa shape index (κ3) is 2.59. The summed E-state index contributed by atoms with van der Waals surface area (Å²) in [5.74, 6) is -1.03. The number of methoxy groups -OCH3 is 1. The average molecular weight is 223 g/mol. The predicted molar refractivity (Wildman–Crippen MR) is 61.0 cm³/mol. The second kappa shape index (κ2) is 4.63. The first-order chi connectivity index (χ1) is 7.38. The lowest BCUT2D eigenvalue weighted by atomic mass is 9.94. The topological polar surface area (TPSA) is 72.5 Å².